The van der Waals surface area contributed by atoms with E-state index in [-0.39, 0.29) is 11.6 Å². The van der Waals surface area contributed by atoms with Gasteiger partial charge in [-0.05, 0) is 80.4 Å². The monoisotopic (exact) mass is 334 g/mol. The van der Waals surface area contributed by atoms with Crippen molar-refractivity contribution >= 4 is 49.5 Å². The summed E-state index contributed by atoms with van der Waals surface area (Å²) in [5.41, 5.74) is 1.27. The second-order valence-electron chi connectivity index (χ2n) is 6.58. The first kappa shape index (κ1) is 14.8. The van der Waals surface area contributed by atoms with Crippen molar-refractivity contribution in [3.05, 3.63) is 90.5 Å². The minimum atomic E-state index is -0.150. The lowest BCUT2D eigenvalue weighted by Crippen LogP contribution is -2.06. The molecule has 4 aromatic rings. The summed E-state index contributed by atoms with van der Waals surface area (Å²) in [4.78, 5) is 24.1. The van der Waals surface area contributed by atoms with Crippen LogP contribution in [0.25, 0.3) is 37.9 Å². The lowest BCUT2D eigenvalue weighted by Gasteiger charge is -2.12. The van der Waals surface area contributed by atoms with Gasteiger partial charge in [0.05, 0.1) is 0 Å². The van der Waals surface area contributed by atoms with Crippen LogP contribution >= 0.6 is 0 Å². The van der Waals surface area contributed by atoms with Gasteiger partial charge in [-0.3, -0.25) is 9.59 Å². The smallest absolute Gasteiger partial charge is 0.186 e. The van der Waals surface area contributed by atoms with Crippen molar-refractivity contribution in [2.75, 3.05) is 0 Å². The second kappa shape index (κ2) is 5.50. The number of benzene rings is 4. The van der Waals surface area contributed by atoms with Gasteiger partial charge in [0.25, 0.3) is 0 Å². The van der Waals surface area contributed by atoms with Crippen LogP contribution in [0.1, 0.15) is 5.56 Å². The molecule has 0 fully saturated rings. The SMILES string of the molecule is O=C1C=CC(=O)C(c2cccc3cc4cc5ccccc5cc4cc23)=C1. The van der Waals surface area contributed by atoms with Crippen molar-refractivity contribution in [2.45, 2.75) is 0 Å². The summed E-state index contributed by atoms with van der Waals surface area (Å²) in [5, 5.41) is 6.71. The number of hydrogen-bond donors (Lipinski definition) is 0. The summed E-state index contributed by atoms with van der Waals surface area (Å²) in [5.74, 6) is -0.279. The molecule has 4 aromatic carbocycles. The van der Waals surface area contributed by atoms with Crippen molar-refractivity contribution < 1.29 is 9.59 Å². The van der Waals surface area contributed by atoms with Gasteiger partial charge in [-0.15, -0.1) is 0 Å². The molecule has 0 N–H and O–H groups in total. The van der Waals surface area contributed by atoms with Gasteiger partial charge in [0.15, 0.2) is 11.6 Å². The number of rotatable bonds is 1. The number of carbonyl (C=O) groups excluding carboxylic acids is 2. The van der Waals surface area contributed by atoms with Crippen molar-refractivity contribution in [3.63, 3.8) is 0 Å². The molecule has 0 radical (unpaired) electrons. The molecule has 0 atom stereocenters. The molecule has 0 amide bonds. The van der Waals surface area contributed by atoms with Crippen LogP contribution in [0.4, 0.5) is 0 Å². The fraction of sp³-hybridized carbons (Fsp3) is 0. The maximum absolute atomic E-state index is 12.3. The summed E-state index contributed by atoms with van der Waals surface area (Å²) in [7, 11) is 0. The van der Waals surface area contributed by atoms with Gasteiger partial charge >= 0.3 is 0 Å². The lowest BCUT2D eigenvalue weighted by molar-refractivity contribution is -0.113. The van der Waals surface area contributed by atoms with E-state index in [1.54, 1.807) is 0 Å². The van der Waals surface area contributed by atoms with E-state index in [4.69, 9.17) is 0 Å². The number of ketones is 2. The summed E-state index contributed by atoms with van der Waals surface area (Å²) in [6.45, 7) is 0. The number of hydrogen-bond acceptors (Lipinski definition) is 2. The summed E-state index contributed by atoms with van der Waals surface area (Å²) in [6, 6.07) is 22.8. The van der Waals surface area contributed by atoms with Crippen molar-refractivity contribution in [1.29, 1.82) is 0 Å². The van der Waals surface area contributed by atoms with Gasteiger partial charge in [0, 0.05) is 5.57 Å². The maximum Gasteiger partial charge on any atom is 0.186 e. The van der Waals surface area contributed by atoms with Gasteiger partial charge in [0.2, 0.25) is 0 Å². The average molecular weight is 334 g/mol. The minimum Gasteiger partial charge on any atom is -0.290 e. The molecule has 2 heteroatoms. The van der Waals surface area contributed by atoms with E-state index < -0.39 is 0 Å². The molecule has 1 aliphatic rings. The Morgan fingerprint density at radius 1 is 0.577 bits per heavy atom. The fourth-order valence-corrected chi connectivity index (χ4v) is 3.67. The third-order valence-corrected chi connectivity index (χ3v) is 4.94. The number of carbonyl (C=O) groups is 2. The zero-order valence-electron chi connectivity index (χ0n) is 13.9. The Morgan fingerprint density at radius 3 is 2.00 bits per heavy atom. The Labute approximate surface area is 150 Å². The summed E-state index contributed by atoms with van der Waals surface area (Å²) < 4.78 is 0. The van der Waals surface area contributed by atoms with E-state index in [1.807, 2.05) is 30.3 Å². The molecule has 5 rings (SSSR count). The van der Waals surface area contributed by atoms with E-state index in [0.29, 0.717) is 5.57 Å². The first-order valence-corrected chi connectivity index (χ1v) is 8.53. The van der Waals surface area contributed by atoms with Crippen molar-refractivity contribution in [2.24, 2.45) is 0 Å². The molecule has 0 saturated heterocycles. The second-order valence-corrected chi connectivity index (χ2v) is 6.58. The minimum absolute atomic E-state index is 0.129. The zero-order valence-corrected chi connectivity index (χ0v) is 13.9. The standard InChI is InChI=1S/C24H14O2/c25-20-8-9-24(26)23(14-20)21-7-3-6-17-12-18-10-15-4-1-2-5-16(15)11-19(18)13-22(17)21/h1-14H. The van der Waals surface area contributed by atoms with Crippen LogP contribution < -0.4 is 0 Å². The third-order valence-electron chi connectivity index (χ3n) is 4.94. The van der Waals surface area contributed by atoms with Gasteiger partial charge < -0.3 is 0 Å². The number of fused-ring (bicyclic) bond motifs is 3. The maximum atomic E-state index is 12.3. The zero-order chi connectivity index (χ0) is 17.7. The van der Waals surface area contributed by atoms with Crippen molar-refractivity contribution in [3.8, 4) is 0 Å². The van der Waals surface area contributed by atoms with Crippen LogP contribution in [0, 0.1) is 0 Å². The molecule has 26 heavy (non-hydrogen) atoms. The molecule has 1 aliphatic carbocycles. The molecular formula is C24H14O2. The molecule has 0 bridgehead atoms. The van der Waals surface area contributed by atoms with E-state index in [2.05, 4.69) is 36.4 Å². The lowest BCUT2D eigenvalue weighted by atomic mass is 9.90. The van der Waals surface area contributed by atoms with E-state index in [0.717, 1.165) is 27.1 Å². The van der Waals surface area contributed by atoms with Crippen LogP contribution in [0.15, 0.2) is 85.0 Å². The quantitative estimate of drug-likeness (QED) is 0.352. The third kappa shape index (κ3) is 2.27. The largest absolute Gasteiger partial charge is 0.290 e. The predicted octanol–water partition coefficient (Wildman–Crippen LogP) is 5.24. The van der Waals surface area contributed by atoms with Gasteiger partial charge in [-0.25, -0.2) is 0 Å². The van der Waals surface area contributed by atoms with Crippen LogP contribution in [0.3, 0.4) is 0 Å². The Hall–Kier alpha value is -3.52. The molecule has 0 saturated carbocycles. The Bertz CT molecular complexity index is 1310. The van der Waals surface area contributed by atoms with Crippen LogP contribution in [0.2, 0.25) is 0 Å². The molecular weight excluding hydrogens is 320 g/mol. The number of allylic oxidation sites excluding steroid dienone is 4. The molecule has 0 heterocycles. The van der Waals surface area contributed by atoms with E-state index >= 15 is 0 Å². The Kier molecular flexibility index (Phi) is 3.13. The summed E-state index contributed by atoms with van der Waals surface area (Å²) in [6.07, 6.45) is 4.10. The Balaban J connectivity index is 1.83. The Morgan fingerprint density at radius 2 is 1.23 bits per heavy atom. The van der Waals surface area contributed by atoms with Gasteiger partial charge in [0.1, 0.15) is 0 Å². The highest BCUT2D eigenvalue weighted by atomic mass is 16.1. The molecule has 0 unspecified atom stereocenters. The highest BCUT2D eigenvalue weighted by Gasteiger charge is 2.17. The highest BCUT2D eigenvalue weighted by Crippen LogP contribution is 2.32. The van der Waals surface area contributed by atoms with E-state index in [9.17, 15) is 9.59 Å². The van der Waals surface area contributed by atoms with Gasteiger partial charge in [-0.2, -0.15) is 0 Å². The molecule has 0 spiro atoms. The summed E-state index contributed by atoms with van der Waals surface area (Å²) >= 11 is 0. The average Bonchev–Trinajstić information content (AvgIpc) is 2.66. The van der Waals surface area contributed by atoms with Crippen molar-refractivity contribution in [1.82, 2.24) is 0 Å². The topological polar surface area (TPSA) is 34.1 Å². The molecule has 0 aliphatic heterocycles. The fourth-order valence-electron chi connectivity index (χ4n) is 3.67. The first-order valence-electron chi connectivity index (χ1n) is 8.53. The van der Waals surface area contributed by atoms with E-state index in [1.165, 1.54) is 29.0 Å². The molecule has 2 nitrogen and oxygen atoms in total. The predicted molar refractivity (Wildman–Crippen MR) is 106 cm³/mol. The van der Waals surface area contributed by atoms with Crippen LogP contribution in [-0.2, 0) is 9.59 Å². The molecule has 0 aromatic heterocycles. The van der Waals surface area contributed by atoms with Crippen LogP contribution in [-0.4, -0.2) is 11.6 Å². The van der Waals surface area contributed by atoms with Gasteiger partial charge in [-0.1, -0.05) is 42.5 Å². The molecule has 122 valence electrons. The first-order chi connectivity index (χ1) is 12.7. The van der Waals surface area contributed by atoms with Crippen LogP contribution in [0.5, 0.6) is 0 Å². The normalized spacial score (nSPS) is 14.4. The highest BCUT2D eigenvalue weighted by molar-refractivity contribution is 6.35.